The number of rotatable bonds is 5. The SMILES string of the molecule is COc1cc(OC)c(Cl)c(-c2c(-c3ccccc3F)cnc(C)c2-c2c(F)cc(F)cc2F)c1. The van der Waals surface area contributed by atoms with Gasteiger partial charge in [-0.1, -0.05) is 29.8 Å². The molecule has 34 heavy (non-hydrogen) atoms. The van der Waals surface area contributed by atoms with Crippen molar-refractivity contribution in [2.75, 3.05) is 14.2 Å². The lowest BCUT2D eigenvalue weighted by molar-refractivity contribution is 0.395. The zero-order valence-electron chi connectivity index (χ0n) is 18.3. The summed E-state index contributed by atoms with van der Waals surface area (Å²) in [5.74, 6) is -3.35. The van der Waals surface area contributed by atoms with Gasteiger partial charge in [0.05, 0.1) is 24.8 Å². The van der Waals surface area contributed by atoms with E-state index in [-0.39, 0.29) is 44.3 Å². The van der Waals surface area contributed by atoms with E-state index in [1.54, 1.807) is 18.2 Å². The van der Waals surface area contributed by atoms with Crippen molar-refractivity contribution < 1.29 is 27.0 Å². The van der Waals surface area contributed by atoms with Crippen LogP contribution in [0.15, 0.2) is 54.7 Å². The van der Waals surface area contributed by atoms with Gasteiger partial charge in [-0.2, -0.15) is 0 Å². The van der Waals surface area contributed by atoms with Crippen LogP contribution in [0.25, 0.3) is 33.4 Å². The van der Waals surface area contributed by atoms with Crippen molar-refractivity contribution >= 4 is 11.6 Å². The summed E-state index contributed by atoms with van der Waals surface area (Å²) >= 11 is 6.65. The van der Waals surface area contributed by atoms with Crippen LogP contribution in [-0.2, 0) is 0 Å². The van der Waals surface area contributed by atoms with Crippen LogP contribution in [0.4, 0.5) is 17.6 Å². The number of aryl methyl sites for hydroxylation is 1. The molecule has 0 aliphatic carbocycles. The fraction of sp³-hybridized carbons (Fsp3) is 0.115. The van der Waals surface area contributed by atoms with Gasteiger partial charge in [0.15, 0.2) is 0 Å². The number of ether oxygens (including phenoxy) is 2. The molecule has 0 radical (unpaired) electrons. The molecule has 0 spiro atoms. The number of aromatic nitrogens is 1. The summed E-state index contributed by atoms with van der Waals surface area (Å²) in [6.07, 6.45) is 1.40. The maximum atomic E-state index is 15.0. The van der Waals surface area contributed by atoms with Gasteiger partial charge < -0.3 is 9.47 Å². The third kappa shape index (κ3) is 4.07. The molecule has 0 fully saturated rings. The number of methoxy groups -OCH3 is 2. The van der Waals surface area contributed by atoms with Crippen LogP contribution in [0.5, 0.6) is 11.5 Å². The molecule has 0 aliphatic heterocycles. The first-order valence-corrected chi connectivity index (χ1v) is 10.5. The minimum absolute atomic E-state index is 0.00652. The number of hydrogen-bond acceptors (Lipinski definition) is 3. The molecule has 3 nitrogen and oxygen atoms in total. The van der Waals surface area contributed by atoms with Crippen molar-refractivity contribution in [2.24, 2.45) is 0 Å². The van der Waals surface area contributed by atoms with Gasteiger partial charge >= 0.3 is 0 Å². The van der Waals surface area contributed by atoms with E-state index in [1.165, 1.54) is 45.5 Å². The maximum absolute atomic E-state index is 15.0. The molecule has 0 saturated heterocycles. The minimum atomic E-state index is -1.14. The Balaban J connectivity index is 2.22. The molecule has 0 bridgehead atoms. The monoisotopic (exact) mass is 487 g/mol. The quantitative estimate of drug-likeness (QED) is 0.271. The van der Waals surface area contributed by atoms with E-state index < -0.39 is 28.8 Å². The Labute approximate surface area is 198 Å². The molecular weight excluding hydrogens is 470 g/mol. The topological polar surface area (TPSA) is 31.4 Å². The lowest BCUT2D eigenvalue weighted by Gasteiger charge is -2.21. The summed E-state index contributed by atoms with van der Waals surface area (Å²) in [5, 5.41) is 0.107. The lowest BCUT2D eigenvalue weighted by atomic mass is 9.87. The number of nitrogens with zero attached hydrogens (tertiary/aromatic N) is 1. The van der Waals surface area contributed by atoms with Crippen molar-refractivity contribution in [3.63, 3.8) is 0 Å². The Kier molecular flexibility index (Phi) is 6.48. The highest BCUT2D eigenvalue weighted by molar-refractivity contribution is 6.35. The van der Waals surface area contributed by atoms with Crippen molar-refractivity contribution in [3.05, 3.63) is 88.7 Å². The fourth-order valence-electron chi connectivity index (χ4n) is 3.88. The van der Waals surface area contributed by atoms with Crippen molar-refractivity contribution in [3.8, 4) is 44.9 Å². The summed E-state index contributed by atoms with van der Waals surface area (Å²) in [4.78, 5) is 4.28. The first kappa shape index (κ1) is 23.6. The second-order valence-corrected chi connectivity index (χ2v) is 7.80. The van der Waals surface area contributed by atoms with Crippen LogP contribution in [0.3, 0.4) is 0 Å². The largest absolute Gasteiger partial charge is 0.497 e. The van der Waals surface area contributed by atoms with Gasteiger partial charge in [-0.15, -0.1) is 0 Å². The smallest absolute Gasteiger partial charge is 0.141 e. The molecule has 0 unspecified atom stereocenters. The molecule has 3 aromatic carbocycles. The highest BCUT2D eigenvalue weighted by Crippen LogP contribution is 2.48. The van der Waals surface area contributed by atoms with Crippen LogP contribution in [0.1, 0.15) is 5.69 Å². The van der Waals surface area contributed by atoms with Crippen molar-refractivity contribution in [2.45, 2.75) is 6.92 Å². The molecule has 8 heteroatoms. The standard InChI is InChI=1S/C26H18ClF4NO2/c1-13-23(25-20(30)8-14(28)9-21(25)31)24(17-10-15(33-2)11-22(34-3)26(17)27)18(12-32-13)16-6-4-5-7-19(16)29/h4-12H,1-3H3. The van der Waals surface area contributed by atoms with E-state index in [0.717, 1.165) is 0 Å². The summed E-state index contributed by atoms with van der Waals surface area (Å²) in [6.45, 7) is 1.54. The normalized spacial score (nSPS) is 10.9. The molecule has 0 saturated carbocycles. The second kappa shape index (κ2) is 9.35. The molecule has 1 heterocycles. The van der Waals surface area contributed by atoms with E-state index in [0.29, 0.717) is 17.9 Å². The van der Waals surface area contributed by atoms with Crippen molar-refractivity contribution in [1.29, 1.82) is 0 Å². The Bertz CT molecular complexity index is 1390. The van der Waals surface area contributed by atoms with E-state index in [2.05, 4.69) is 4.98 Å². The zero-order chi connectivity index (χ0) is 24.6. The van der Waals surface area contributed by atoms with Crippen LogP contribution in [0.2, 0.25) is 5.02 Å². The first-order valence-electron chi connectivity index (χ1n) is 10.1. The highest BCUT2D eigenvalue weighted by atomic mass is 35.5. The maximum Gasteiger partial charge on any atom is 0.141 e. The Morgan fingerprint density at radius 2 is 1.41 bits per heavy atom. The van der Waals surface area contributed by atoms with Crippen LogP contribution >= 0.6 is 11.6 Å². The minimum Gasteiger partial charge on any atom is -0.497 e. The van der Waals surface area contributed by atoms with Crippen molar-refractivity contribution in [1.82, 2.24) is 4.98 Å². The van der Waals surface area contributed by atoms with Gasteiger partial charge in [0.2, 0.25) is 0 Å². The predicted octanol–water partition coefficient (Wildman–Crippen LogP) is 7.62. The summed E-state index contributed by atoms with van der Waals surface area (Å²) in [5.41, 5.74) is 0.498. The van der Waals surface area contributed by atoms with Gasteiger partial charge in [-0.05, 0) is 19.1 Å². The Morgan fingerprint density at radius 3 is 2.03 bits per heavy atom. The van der Waals surface area contributed by atoms with Crippen LogP contribution in [0, 0.1) is 30.2 Å². The Hall–Kier alpha value is -3.58. The fourth-order valence-corrected chi connectivity index (χ4v) is 4.16. The molecule has 174 valence electrons. The number of pyridine rings is 1. The Morgan fingerprint density at radius 1 is 0.735 bits per heavy atom. The number of halogens is 5. The molecule has 4 aromatic rings. The highest BCUT2D eigenvalue weighted by Gasteiger charge is 2.27. The molecular formula is C26H18ClF4NO2. The molecule has 0 atom stereocenters. The number of hydrogen-bond donors (Lipinski definition) is 0. The third-order valence-corrected chi connectivity index (χ3v) is 5.82. The summed E-state index contributed by atoms with van der Waals surface area (Å²) in [7, 11) is 2.84. The molecule has 0 aliphatic rings. The number of benzene rings is 3. The lowest BCUT2D eigenvalue weighted by Crippen LogP contribution is -2.02. The van der Waals surface area contributed by atoms with Gasteiger partial charge in [0.1, 0.15) is 34.8 Å². The van der Waals surface area contributed by atoms with E-state index in [1.807, 2.05) is 0 Å². The van der Waals surface area contributed by atoms with Crippen LogP contribution < -0.4 is 9.47 Å². The van der Waals surface area contributed by atoms with Gasteiger partial charge in [0.25, 0.3) is 0 Å². The van der Waals surface area contributed by atoms with Gasteiger partial charge in [-0.25, -0.2) is 17.6 Å². The zero-order valence-corrected chi connectivity index (χ0v) is 19.1. The summed E-state index contributed by atoms with van der Waals surface area (Å²) < 4.78 is 69.3. The third-order valence-electron chi connectivity index (χ3n) is 5.43. The summed E-state index contributed by atoms with van der Waals surface area (Å²) in [6, 6.07) is 10.1. The van der Waals surface area contributed by atoms with Crippen LogP contribution in [-0.4, -0.2) is 19.2 Å². The van der Waals surface area contributed by atoms with E-state index in [9.17, 15) is 8.78 Å². The average molecular weight is 488 g/mol. The molecule has 1 aromatic heterocycles. The first-order chi connectivity index (χ1) is 16.3. The van der Waals surface area contributed by atoms with E-state index >= 15 is 8.78 Å². The van der Waals surface area contributed by atoms with Gasteiger partial charge in [-0.3, -0.25) is 4.98 Å². The van der Waals surface area contributed by atoms with Gasteiger partial charge in [0, 0.05) is 57.9 Å². The van der Waals surface area contributed by atoms with E-state index in [4.69, 9.17) is 21.1 Å². The average Bonchev–Trinajstić information content (AvgIpc) is 2.80. The molecule has 0 amide bonds. The predicted molar refractivity (Wildman–Crippen MR) is 123 cm³/mol. The molecule has 4 rings (SSSR count). The second-order valence-electron chi connectivity index (χ2n) is 7.42. The molecule has 0 N–H and O–H groups in total.